The van der Waals surface area contributed by atoms with Crippen molar-refractivity contribution in [3.63, 3.8) is 0 Å². The molecule has 1 saturated heterocycles. The van der Waals surface area contributed by atoms with Gasteiger partial charge in [-0.25, -0.2) is 0 Å². The van der Waals surface area contributed by atoms with Crippen LogP contribution >= 0.6 is 22.9 Å². The zero-order chi connectivity index (χ0) is 18.1. The minimum atomic E-state index is -0.112. The van der Waals surface area contributed by atoms with E-state index in [1.807, 2.05) is 41.5 Å². The molecule has 0 bridgehead atoms. The number of fused-ring (bicyclic) bond motifs is 1. The first kappa shape index (κ1) is 17.6. The predicted molar refractivity (Wildman–Crippen MR) is 104 cm³/mol. The average Bonchev–Trinajstić information content (AvgIpc) is 3.37. The Bertz CT molecular complexity index is 913. The number of carbonyl (C=O) groups excluding carboxylic acids is 1. The van der Waals surface area contributed by atoms with Crippen molar-refractivity contribution in [1.82, 2.24) is 4.90 Å². The number of aryl methyl sites for hydroxylation is 1. The van der Waals surface area contributed by atoms with E-state index in [4.69, 9.17) is 20.8 Å². The van der Waals surface area contributed by atoms with Gasteiger partial charge in [0.2, 0.25) is 0 Å². The third-order valence-electron chi connectivity index (χ3n) is 4.77. The maximum absolute atomic E-state index is 13.3. The molecule has 1 aliphatic heterocycles. The first-order valence-corrected chi connectivity index (χ1v) is 10.00. The molecule has 0 spiro atoms. The Kier molecular flexibility index (Phi) is 5.02. The molecule has 6 heteroatoms. The molecule has 1 fully saturated rings. The summed E-state index contributed by atoms with van der Waals surface area (Å²) in [5.41, 5.74) is 1.40. The maximum Gasteiger partial charge on any atom is 0.290 e. The zero-order valence-corrected chi connectivity index (χ0v) is 16.1. The van der Waals surface area contributed by atoms with Gasteiger partial charge in [-0.05, 0) is 37.3 Å². The number of nitrogens with zero attached hydrogens (tertiary/aromatic N) is 1. The van der Waals surface area contributed by atoms with Crippen LogP contribution in [0.5, 0.6) is 0 Å². The van der Waals surface area contributed by atoms with Gasteiger partial charge in [0.1, 0.15) is 0 Å². The van der Waals surface area contributed by atoms with E-state index in [1.165, 1.54) is 0 Å². The maximum atomic E-state index is 13.3. The summed E-state index contributed by atoms with van der Waals surface area (Å²) < 4.78 is 11.7. The highest BCUT2D eigenvalue weighted by Crippen LogP contribution is 2.32. The lowest BCUT2D eigenvalue weighted by atomic mass is 10.1. The van der Waals surface area contributed by atoms with Crippen molar-refractivity contribution >= 4 is 39.8 Å². The van der Waals surface area contributed by atoms with Crippen LogP contribution in [0.3, 0.4) is 0 Å². The van der Waals surface area contributed by atoms with Crippen molar-refractivity contribution in [1.29, 1.82) is 0 Å². The minimum absolute atomic E-state index is 0.0900. The first-order chi connectivity index (χ1) is 12.6. The molecule has 2 aromatic heterocycles. The van der Waals surface area contributed by atoms with E-state index in [1.54, 1.807) is 17.4 Å². The van der Waals surface area contributed by atoms with E-state index in [0.717, 1.165) is 35.3 Å². The molecule has 0 aliphatic carbocycles. The molecule has 0 N–H and O–H groups in total. The molecule has 1 atom stereocenters. The highest BCUT2D eigenvalue weighted by Gasteiger charge is 2.28. The van der Waals surface area contributed by atoms with Gasteiger partial charge in [-0.1, -0.05) is 29.8 Å². The van der Waals surface area contributed by atoms with Crippen molar-refractivity contribution in [3.8, 4) is 0 Å². The van der Waals surface area contributed by atoms with Crippen molar-refractivity contribution < 1.29 is 13.9 Å². The fourth-order valence-electron chi connectivity index (χ4n) is 3.40. The molecule has 0 saturated carbocycles. The van der Waals surface area contributed by atoms with Gasteiger partial charge in [0.05, 0.1) is 17.7 Å². The zero-order valence-electron chi connectivity index (χ0n) is 14.5. The summed E-state index contributed by atoms with van der Waals surface area (Å²) in [5, 5.41) is 3.43. The summed E-state index contributed by atoms with van der Waals surface area (Å²) in [6, 6.07) is 9.62. The molecular formula is C20H20ClNO3S. The first-order valence-electron chi connectivity index (χ1n) is 8.74. The predicted octanol–water partition coefficient (Wildman–Crippen LogP) is 5.28. The second-order valence-corrected chi connectivity index (χ2v) is 8.01. The third-order valence-corrected chi connectivity index (χ3v) is 5.93. The molecule has 3 heterocycles. The number of rotatable bonds is 5. The Morgan fingerprint density at radius 3 is 2.92 bits per heavy atom. The third kappa shape index (κ3) is 3.39. The highest BCUT2D eigenvalue weighted by molar-refractivity contribution is 7.09. The summed E-state index contributed by atoms with van der Waals surface area (Å²) in [7, 11) is 0. The lowest BCUT2D eigenvalue weighted by molar-refractivity contribution is 0.0487. The lowest BCUT2D eigenvalue weighted by Crippen LogP contribution is -2.36. The molecule has 136 valence electrons. The molecule has 26 heavy (non-hydrogen) atoms. The minimum Gasteiger partial charge on any atom is -0.449 e. The van der Waals surface area contributed by atoms with E-state index in [2.05, 4.69) is 0 Å². The summed E-state index contributed by atoms with van der Waals surface area (Å²) in [5.74, 6) is 0.251. The van der Waals surface area contributed by atoms with Gasteiger partial charge < -0.3 is 14.1 Å². The molecular weight excluding hydrogens is 370 g/mol. The highest BCUT2D eigenvalue weighted by atomic mass is 35.5. The van der Waals surface area contributed by atoms with Crippen LogP contribution < -0.4 is 0 Å². The Labute approximate surface area is 161 Å². The van der Waals surface area contributed by atoms with Gasteiger partial charge >= 0.3 is 0 Å². The molecule has 3 aromatic rings. The fraction of sp³-hybridized carbons (Fsp3) is 0.350. The SMILES string of the molecule is Cc1c(C(=O)N(Cc2cccs2)CC2CCCO2)oc2c(Cl)cccc12. The molecule has 1 aromatic carbocycles. The second-order valence-electron chi connectivity index (χ2n) is 6.57. The van der Waals surface area contributed by atoms with Crippen molar-refractivity contribution in [2.24, 2.45) is 0 Å². The van der Waals surface area contributed by atoms with E-state index >= 15 is 0 Å². The van der Waals surface area contributed by atoms with Crippen LogP contribution in [-0.2, 0) is 11.3 Å². The van der Waals surface area contributed by atoms with Crippen molar-refractivity contribution in [2.45, 2.75) is 32.4 Å². The number of carbonyl (C=O) groups is 1. The van der Waals surface area contributed by atoms with Gasteiger partial charge in [-0.15, -0.1) is 11.3 Å². The van der Waals surface area contributed by atoms with Gasteiger partial charge in [-0.3, -0.25) is 4.79 Å². The van der Waals surface area contributed by atoms with Crippen LogP contribution in [-0.4, -0.2) is 30.1 Å². The molecule has 0 radical (unpaired) electrons. The van der Waals surface area contributed by atoms with Gasteiger partial charge in [0.15, 0.2) is 11.3 Å². The van der Waals surface area contributed by atoms with Crippen molar-refractivity contribution in [2.75, 3.05) is 13.2 Å². The fourth-order valence-corrected chi connectivity index (χ4v) is 4.33. The summed E-state index contributed by atoms with van der Waals surface area (Å²) in [4.78, 5) is 16.3. The Morgan fingerprint density at radius 1 is 1.35 bits per heavy atom. The largest absolute Gasteiger partial charge is 0.449 e. The molecule has 4 nitrogen and oxygen atoms in total. The Hall–Kier alpha value is -1.82. The Balaban J connectivity index is 1.66. The standard InChI is InChI=1S/C20H20ClNO3S/c1-13-16-7-2-8-17(21)19(16)25-18(13)20(23)22(11-14-5-3-9-24-14)12-15-6-4-10-26-15/h2,4,6-8,10,14H,3,5,9,11-12H2,1H3. The van der Waals surface area contributed by atoms with Gasteiger partial charge in [-0.2, -0.15) is 0 Å². The van der Waals surface area contributed by atoms with Gasteiger partial charge in [0, 0.05) is 29.0 Å². The monoisotopic (exact) mass is 389 g/mol. The van der Waals surface area contributed by atoms with Crippen LogP contribution in [0.1, 0.15) is 33.8 Å². The van der Waals surface area contributed by atoms with Crippen LogP contribution in [0.2, 0.25) is 5.02 Å². The Morgan fingerprint density at radius 2 is 2.23 bits per heavy atom. The number of hydrogen-bond acceptors (Lipinski definition) is 4. The van der Waals surface area contributed by atoms with E-state index in [0.29, 0.717) is 29.5 Å². The van der Waals surface area contributed by atoms with Crippen molar-refractivity contribution in [3.05, 3.63) is 56.9 Å². The van der Waals surface area contributed by atoms with Crippen LogP contribution in [0, 0.1) is 6.92 Å². The number of amides is 1. The summed E-state index contributed by atoms with van der Waals surface area (Å²) in [6.45, 7) is 3.80. The number of ether oxygens (including phenoxy) is 1. The number of thiophene rings is 1. The summed E-state index contributed by atoms with van der Waals surface area (Å²) in [6.07, 6.45) is 2.12. The van der Waals surface area contributed by atoms with Crippen LogP contribution in [0.25, 0.3) is 11.0 Å². The summed E-state index contributed by atoms with van der Waals surface area (Å²) >= 11 is 7.89. The smallest absolute Gasteiger partial charge is 0.290 e. The number of hydrogen-bond donors (Lipinski definition) is 0. The van der Waals surface area contributed by atoms with Crippen LogP contribution in [0.15, 0.2) is 40.1 Å². The average molecular weight is 390 g/mol. The number of benzene rings is 1. The lowest BCUT2D eigenvalue weighted by Gasteiger charge is -2.24. The van der Waals surface area contributed by atoms with Crippen LogP contribution in [0.4, 0.5) is 0 Å². The van der Waals surface area contributed by atoms with Gasteiger partial charge in [0.25, 0.3) is 5.91 Å². The quantitative estimate of drug-likeness (QED) is 0.596. The molecule has 1 unspecified atom stereocenters. The number of para-hydroxylation sites is 1. The molecule has 1 aliphatic rings. The second kappa shape index (κ2) is 7.43. The normalized spacial score (nSPS) is 17.1. The topological polar surface area (TPSA) is 42.7 Å². The van der Waals surface area contributed by atoms with E-state index < -0.39 is 0 Å². The molecule has 1 amide bonds. The molecule has 4 rings (SSSR count). The number of furan rings is 1. The van der Waals surface area contributed by atoms with E-state index in [9.17, 15) is 4.79 Å². The number of halogens is 1. The van der Waals surface area contributed by atoms with E-state index in [-0.39, 0.29) is 12.0 Å².